The van der Waals surface area contributed by atoms with Crippen molar-refractivity contribution >= 4 is 17.7 Å². The molecule has 4 fully saturated rings. The second-order valence-electron chi connectivity index (χ2n) is 9.33. The maximum Gasteiger partial charge on any atom is 0.254 e. The van der Waals surface area contributed by atoms with Crippen LogP contribution in [-0.2, 0) is 4.74 Å². The summed E-state index contributed by atoms with van der Waals surface area (Å²) < 4.78 is 6.04. The average Bonchev–Trinajstić information content (AvgIpc) is 3.28. The maximum atomic E-state index is 11.9. The summed E-state index contributed by atoms with van der Waals surface area (Å²) in [7, 11) is 0. The van der Waals surface area contributed by atoms with Gasteiger partial charge in [0, 0.05) is 17.8 Å². The highest BCUT2D eigenvalue weighted by atomic mass is 16.5. The molecular weight excluding hydrogens is 354 g/mol. The van der Waals surface area contributed by atoms with Crippen LogP contribution in [-0.4, -0.2) is 39.7 Å². The quantitative estimate of drug-likeness (QED) is 0.666. The van der Waals surface area contributed by atoms with Gasteiger partial charge >= 0.3 is 0 Å². The van der Waals surface area contributed by atoms with Crippen LogP contribution in [0.4, 0.5) is 11.8 Å². The van der Waals surface area contributed by atoms with E-state index < -0.39 is 5.91 Å². The zero-order chi connectivity index (χ0) is 19.1. The van der Waals surface area contributed by atoms with E-state index in [1.165, 1.54) is 32.1 Å². The lowest BCUT2D eigenvalue weighted by Crippen LogP contribution is -2.35. The van der Waals surface area contributed by atoms with E-state index in [-0.39, 0.29) is 5.54 Å². The van der Waals surface area contributed by atoms with Crippen molar-refractivity contribution < 1.29 is 9.53 Å². The number of aromatic nitrogens is 2. The summed E-state index contributed by atoms with van der Waals surface area (Å²) in [6.45, 7) is 0. The van der Waals surface area contributed by atoms with Gasteiger partial charge in [0.15, 0.2) is 0 Å². The maximum absolute atomic E-state index is 11.9. The number of amides is 1. The Labute approximate surface area is 166 Å². The fourth-order valence-corrected chi connectivity index (χ4v) is 5.35. The van der Waals surface area contributed by atoms with Crippen molar-refractivity contribution in [1.29, 1.82) is 0 Å². The molecule has 4 aliphatic rings. The van der Waals surface area contributed by atoms with Crippen LogP contribution in [0.25, 0.3) is 0 Å². The fourth-order valence-electron chi connectivity index (χ4n) is 5.35. The van der Waals surface area contributed by atoms with Crippen LogP contribution in [0.15, 0.2) is 6.20 Å². The minimum absolute atomic E-state index is 0.0820. The number of rotatable bonds is 7. The van der Waals surface area contributed by atoms with Crippen LogP contribution in [0, 0.1) is 5.92 Å². The summed E-state index contributed by atoms with van der Waals surface area (Å²) >= 11 is 0. The molecule has 0 aromatic carbocycles. The highest BCUT2D eigenvalue weighted by Gasteiger charge is 2.45. The fraction of sp³-hybridized carbons (Fsp3) is 0.762. The lowest BCUT2D eigenvalue weighted by molar-refractivity contribution is 0.0146. The zero-order valence-corrected chi connectivity index (χ0v) is 16.5. The number of carbonyl (C=O) groups is 1. The highest BCUT2D eigenvalue weighted by Crippen LogP contribution is 2.49. The Balaban J connectivity index is 1.25. The standard InChI is InChI=1S/C21H31N5O2/c22-18(27)17-12-23-20(24-14-1-3-15(4-2-14)28-16-5-6-16)25-19(17)26-21-9-7-13(11-21)8-10-21/h12-16H,1-11H2,(H2,22,27)(H2,23,24,25,26). The Morgan fingerprint density at radius 1 is 1.07 bits per heavy atom. The molecule has 0 aliphatic heterocycles. The van der Waals surface area contributed by atoms with Gasteiger partial charge in [0.05, 0.1) is 17.8 Å². The Hall–Kier alpha value is -1.89. The van der Waals surface area contributed by atoms with E-state index in [2.05, 4.69) is 20.6 Å². The van der Waals surface area contributed by atoms with Gasteiger partial charge in [-0.3, -0.25) is 4.79 Å². The third kappa shape index (κ3) is 3.81. The predicted molar refractivity (Wildman–Crippen MR) is 107 cm³/mol. The summed E-state index contributed by atoms with van der Waals surface area (Å²) in [5.74, 6) is 1.52. The Morgan fingerprint density at radius 2 is 1.75 bits per heavy atom. The van der Waals surface area contributed by atoms with Gasteiger partial charge in [0.25, 0.3) is 5.91 Å². The van der Waals surface area contributed by atoms with Gasteiger partial charge < -0.3 is 21.1 Å². The molecule has 4 aliphatic carbocycles. The molecule has 4 saturated carbocycles. The summed E-state index contributed by atoms with van der Waals surface area (Å²) in [5, 5.41) is 7.07. The van der Waals surface area contributed by atoms with E-state index >= 15 is 0 Å². The first-order valence-corrected chi connectivity index (χ1v) is 11.0. The summed E-state index contributed by atoms with van der Waals surface area (Å²) in [5.41, 5.74) is 6.05. The number of anilines is 2. The topological polar surface area (TPSA) is 102 Å². The summed E-state index contributed by atoms with van der Waals surface area (Å²) in [4.78, 5) is 20.9. The van der Waals surface area contributed by atoms with Crippen molar-refractivity contribution in [2.24, 2.45) is 11.7 Å². The molecule has 0 radical (unpaired) electrons. The SMILES string of the molecule is NC(=O)c1cnc(NC2CCC(OC3CC3)CC2)nc1NC12CCC(CC1)C2. The number of hydrogen-bond acceptors (Lipinski definition) is 6. The Morgan fingerprint density at radius 3 is 2.32 bits per heavy atom. The monoisotopic (exact) mass is 385 g/mol. The first kappa shape index (κ1) is 18.2. The average molecular weight is 386 g/mol. The largest absolute Gasteiger partial charge is 0.375 e. The molecule has 1 heterocycles. The molecule has 5 rings (SSSR count). The van der Waals surface area contributed by atoms with Gasteiger partial charge in [-0.2, -0.15) is 4.98 Å². The molecule has 1 aromatic heterocycles. The second kappa shape index (κ2) is 7.17. The minimum Gasteiger partial charge on any atom is -0.375 e. The molecule has 0 atom stereocenters. The zero-order valence-electron chi connectivity index (χ0n) is 16.5. The molecule has 7 heteroatoms. The van der Waals surface area contributed by atoms with Gasteiger partial charge in [-0.05, 0) is 76.5 Å². The third-order valence-electron chi connectivity index (χ3n) is 7.10. The third-order valence-corrected chi connectivity index (χ3v) is 7.10. The van der Waals surface area contributed by atoms with Crippen molar-refractivity contribution in [2.75, 3.05) is 10.6 Å². The van der Waals surface area contributed by atoms with Crippen molar-refractivity contribution in [3.63, 3.8) is 0 Å². The van der Waals surface area contributed by atoms with Crippen LogP contribution >= 0.6 is 0 Å². The highest BCUT2D eigenvalue weighted by molar-refractivity contribution is 5.97. The van der Waals surface area contributed by atoms with Crippen molar-refractivity contribution in [2.45, 2.75) is 94.4 Å². The summed E-state index contributed by atoms with van der Waals surface area (Å²) in [6.07, 6.45) is 15.3. The van der Waals surface area contributed by atoms with Crippen molar-refractivity contribution in [3.8, 4) is 0 Å². The van der Waals surface area contributed by atoms with E-state index in [9.17, 15) is 4.79 Å². The van der Waals surface area contributed by atoms with E-state index in [0.717, 1.165) is 44.4 Å². The molecule has 1 aromatic rings. The van der Waals surface area contributed by atoms with E-state index in [1.807, 2.05) is 0 Å². The number of carbonyl (C=O) groups excluding carboxylic acids is 1. The van der Waals surface area contributed by atoms with Gasteiger partial charge in [-0.15, -0.1) is 0 Å². The number of fused-ring (bicyclic) bond motifs is 2. The van der Waals surface area contributed by atoms with E-state index in [1.54, 1.807) is 6.20 Å². The number of nitrogens with two attached hydrogens (primary N) is 1. The predicted octanol–water partition coefficient (Wildman–Crippen LogP) is 3.22. The molecule has 4 N–H and O–H groups in total. The molecule has 7 nitrogen and oxygen atoms in total. The molecule has 152 valence electrons. The van der Waals surface area contributed by atoms with E-state index in [4.69, 9.17) is 10.5 Å². The van der Waals surface area contributed by atoms with Crippen LogP contribution in [0.5, 0.6) is 0 Å². The van der Waals surface area contributed by atoms with Gasteiger partial charge in [-0.1, -0.05) is 0 Å². The van der Waals surface area contributed by atoms with Gasteiger partial charge in [0.1, 0.15) is 5.82 Å². The second-order valence-corrected chi connectivity index (χ2v) is 9.33. The molecule has 0 saturated heterocycles. The lowest BCUT2D eigenvalue weighted by atomic mass is 9.93. The van der Waals surface area contributed by atoms with Crippen LogP contribution in [0.2, 0.25) is 0 Å². The van der Waals surface area contributed by atoms with Crippen molar-refractivity contribution in [1.82, 2.24) is 9.97 Å². The van der Waals surface area contributed by atoms with Gasteiger partial charge in [0.2, 0.25) is 5.95 Å². The molecule has 28 heavy (non-hydrogen) atoms. The summed E-state index contributed by atoms with van der Waals surface area (Å²) in [6, 6.07) is 0.354. The number of nitrogens with zero attached hydrogens (tertiary/aromatic N) is 2. The Kier molecular flexibility index (Phi) is 4.65. The van der Waals surface area contributed by atoms with Crippen LogP contribution in [0.1, 0.15) is 81.0 Å². The van der Waals surface area contributed by atoms with Crippen LogP contribution in [0.3, 0.4) is 0 Å². The first-order valence-electron chi connectivity index (χ1n) is 11.0. The number of hydrogen-bond donors (Lipinski definition) is 3. The Bertz CT molecular complexity index is 734. The van der Waals surface area contributed by atoms with Gasteiger partial charge in [-0.25, -0.2) is 4.98 Å². The number of primary amides is 1. The molecule has 1 amide bonds. The number of nitrogens with one attached hydrogen (secondary N) is 2. The smallest absolute Gasteiger partial charge is 0.254 e. The molecular formula is C21H31N5O2. The van der Waals surface area contributed by atoms with E-state index in [0.29, 0.717) is 35.6 Å². The molecule has 0 spiro atoms. The molecule has 2 bridgehead atoms. The number of ether oxygens (including phenoxy) is 1. The minimum atomic E-state index is -0.476. The lowest BCUT2D eigenvalue weighted by Gasteiger charge is -2.31. The molecule has 0 unspecified atom stereocenters. The normalized spacial score (nSPS) is 34.4. The van der Waals surface area contributed by atoms with Crippen molar-refractivity contribution in [3.05, 3.63) is 11.8 Å². The van der Waals surface area contributed by atoms with Crippen LogP contribution < -0.4 is 16.4 Å². The first-order chi connectivity index (χ1) is 13.6.